The minimum Gasteiger partial charge on any atom is -0.352 e. The Balaban J connectivity index is 1.77. The highest BCUT2D eigenvalue weighted by Crippen LogP contribution is 2.13. The number of hydrogen-bond acceptors (Lipinski definition) is 3. The molecule has 6 heteroatoms. The van der Waals surface area contributed by atoms with Crippen LogP contribution in [0.1, 0.15) is 29.3 Å². The second-order valence-electron chi connectivity index (χ2n) is 5.68. The molecule has 6 nitrogen and oxygen atoms in total. The van der Waals surface area contributed by atoms with E-state index in [9.17, 15) is 14.4 Å². The molecule has 3 N–H and O–H groups in total. The molecular weight excluding hydrogens is 318 g/mol. The Kier molecular flexibility index (Phi) is 6.28. The van der Waals surface area contributed by atoms with Gasteiger partial charge in [0.2, 0.25) is 11.8 Å². The molecule has 0 aliphatic heterocycles. The molecule has 0 saturated carbocycles. The third-order valence-electron chi connectivity index (χ3n) is 3.41. The monoisotopic (exact) mass is 339 g/mol. The lowest BCUT2D eigenvalue weighted by Crippen LogP contribution is -2.27. The lowest BCUT2D eigenvalue weighted by molar-refractivity contribution is -0.116. The molecule has 0 aliphatic carbocycles. The SMILES string of the molecule is CC(=O)Nc1ccc(NC(=O)CCNC(=O)c2cccc(C)c2)cc1. The summed E-state index contributed by atoms with van der Waals surface area (Å²) in [4.78, 5) is 34.9. The van der Waals surface area contributed by atoms with Crippen molar-refractivity contribution in [3.8, 4) is 0 Å². The van der Waals surface area contributed by atoms with E-state index in [0.717, 1.165) is 5.56 Å². The highest BCUT2D eigenvalue weighted by Gasteiger charge is 2.07. The van der Waals surface area contributed by atoms with Gasteiger partial charge < -0.3 is 16.0 Å². The molecule has 0 bridgehead atoms. The number of carbonyl (C=O) groups excluding carboxylic acids is 3. The second-order valence-corrected chi connectivity index (χ2v) is 5.68. The molecule has 0 aliphatic rings. The smallest absolute Gasteiger partial charge is 0.251 e. The van der Waals surface area contributed by atoms with Gasteiger partial charge in [0, 0.05) is 36.8 Å². The summed E-state index contributed by atoms with van der Waals surface area (Å²) in [5, 5.41) is 8.12. The molecular formula is C19H21N3O3. The van der Waals surface area contributed by atoms with Crippen LogP contribution in [0, 0.1) is 6.92 Å². The molecule has 2 aromatic carbocycles. The maximum Gasteiger partial charge on any atom is 0.251 e. The molecule has 0 unspecified atom stereocenters. The lowest BCUT2D eigenvalue weighted by atomic mass is 10.1. The van der Waals surface area contributed by atoms with Gasteiger partial charge in [-0.3, -0.25) is 14.4 Å². The first kappa shape index (κ1) is 18.2. The van der Waals surface area contributed by atoms with Gasteiger partial charge in [-0.15, -0.1) is 0 Å². The minimum atomic E-state index is -0.198. The number of benzene rings is 2. The molecule has 0 atom stereocenters. The van der Waals surface area contributed by atoms with E-state index >= 15 is 0 Å². The molecule has 0 radical (unpaired) electrons. The van der Waals surface area contributed by atoms with E-state index in [4.69, 9.17) is 0 Å². The van der Waals surface area contributed by atoms with Crippen LogP contribution in [0.2, 0.25) is 0 Å². The van der Waals surface area contributed by atoms with Gasteiger partial charge in [-0.1, -0.05) is 17.7 Å². The van der Waals surface area contributed by atoms with Gasteiger partial charge in [0.05, 0.1) is 0 Å². The van der Waals surface area contributed by atoms with E-state index in [1.165, 1.54) is 6.92 Å². The molecule has 2 rings (SSSR count). The molecule has 0 aromatic heterocycles. The Morgan fingerprint density at radius 3 is 2.16 bits per heavy atom. The van der Waals surface area contributed by atoms with Crippen molar-refractivity contribution >= 4 is 29.1 Å². The second kappa shape index (κ2) is 8.63. The zero-order valence-corrected chi connectivity index (χ0v) is 14.3. The number of amides is 3. The average molecular weight is 339 g/mol. The van der Waals surface area contributed by atoms with E-state index in [0.29, 0.717) is 16.9 Å². The zero-order chi connectivity index (χ0) is 18.2. The number of nitrogens with one attached hydrogen (secondary N) is 3. The van der Waals surface area contributed by atoms with Crippen LogP contribution in [0.25, 0.3) is 0 Å². The van der Waals surface area contributed by atoms with Crippen molar-refractivity contribution < 1.29 is 14.4 Å². The fourth-order valence-electron chi connectivity index (χ4n) is 2.24. The van der Waals surface area contributed by atoms with Crippen LogP contribution in [0.5, 0.6) is 0 Å². The van der Waals surface area contributed by atoms with Gasteiger partial charge in [-0.05, 0) is 43.3 Å². The van der Waals surface area contributed by atoms with Crippen LogP contribution in [0.4, 0.5) is 11.4 Å². The van der Waals surface area contributed by atoms with Crippen molar-refractivity contribution in [3.05, 3.63) is 59.7 Å². The first-order valence-corrected chi connectivity index (χ1v) is 7.96. The summed E-state index contributed by atoms with van der Waals surface area (Å²) in [5.41, 5.74) is 2.88. The van der Waals surface area contributed by atoms with Crippen molar-refractivity contribution in [2.45, 2.75) is 20.3 Å². The van der Waals surface area contributed by atoms with Gasteiger partial charge in [0.25, 0.3) is 5.91 Å². The quantitative estimate of drug-likeness (QED) is 0.756. The average Bonchev–Trinajstić information content (AvgIpc) is 2.56. The fraction of sp³-hybridized carbons (Fsp3) is 0.211. The Bertz CT molecular complexity index is 770. The number of aryl methyl sites for hydroxylation is 1. The van der Waals surface area contributed by atoms with Crippen LogP contribution in [-0.2, 0) is 9.59 Å². The fourth-order valence-corrected chi connectivity index (χ4v) is 2.24. The third-order valence-corrected chi connectivity index (χ3v) is 3.41. The van der Waals surface area contributed by atoms with E-state index in [1.54, 1.807) is 36.4 Å². The molecule has 0 heterocycles. The number of rotatable bonds is 6. The van der Waals surface area contributed by atoms with Crippen molar-refractivity contribution in [1.82, 2.24) is 5.32 Å². The van der Waals surface area contributed by atoms with Crippen LogP contribution < -0.4 is 16.0 Å². The third kappa shape index (κ3) is 6.10. The molecule has 25 heavy (non-hydrogen) atoms. The summed E-state index contributed by atoms with van der Waals surface area (Å²) in [6.07, 6.45) is 0.172. The predicted molar refractivity (Wildman–Crippen MR) is 97.5 cm³/mol. The Morgan fingerprint density at radius 2 is 1.56 bits per heavy atom. The number of anilines is 2. The Morgan fingerprint density at radius 1 is 0.920 bits per heavy atom. The van der Waals surface area contributed by atoms with Crippen LogP contribution in [0.3, 0.4) is 0 Å². The van der Waals surface area contributed by atoms with E-state index in [2.05, 4.69) is 16.0 Å². The van der Waals surface area contributed by atoms with Gasteiger partial charge in [-0.2, -0.15) is 0 Å². The minimum absolute atomic E-state index is 0.152. The lowest BCUT2D eigenvalue weighted by Gasteiger charge is -2.08. The largest absolute Gasteiger partial charge is 0.352 e. The van der Waals surface area contributed by atoms with Crippen molar-refractivity contribution in [1.29, 1.82) is 0 Å². The number of carbonyl (C=O) groups is 3. The van der Waals surface area contributed by atoms with Gasteiger partial charge >= 0.3 is 0 Å². The highest BCUT2D eigenvalue weighted by atomic mass is 16.2. The van der Waals surface area contributed by atoms with Gasteiger partial charge in [-0.25, -0.2) is 0 Å². The first-order chi connectivity index (χ1) is 11.9. The maximum absolute atomic E-state index is 12.0. The molecule has 0 fully saturated rings. The van der Waals surface area contributed by atoms with Crippen molar-refractivity contribution in [3.63, 3.8) is 0 Å². The molecule has 2 aromatic rings. The van der Waals surface area contributed by atoms with Gasteiger partial charge in [0.1, 0.15) is 0 Å². The highest BCUT2D eigenvalue weighted by molar-refractivity contribution is 5.95. The topological polar surface area (TPSA) is 87.3 Å². The summed E-state index contributed by atoms with van der Waals surface area (Å²) in [7, 11) is 0. The first-order valence-electron chi connectivity index (χ1n) is 7.96. The van der Waals surface area contributed by atoms with E-state index in [-0.39, 0.29) is 30.7 Å². The standard InChI is InChI=1S/C19H21N3O3/c1-13-4-3-5-15(12-13)19(25)20-11-10-18(24)22-17-8-6-16(7-9-17)21-14(2)23/h3-9,12H,10-11H2,1-2H3,(H,20,25)(H,21,23)(H,22,24). The van der Waals surface area contributed by atoms with Crippen LogP contribution in [-0.4, -0.2) is 24.3 Å². The predicted octanol–water partition coefficient (Wildman–Crippen LogP) is 2.71. The summed E-state index contributed by atoms with van der Waals surface area (Å²) in [6, 6.07) is 14.1. The molecule has 3 amide bonds. The van der Waals surface area contributed by atoms with Crippen molar-refractivity contribution in [2.75, 3.05) is 17.2 Å². The normalized spacial score (nSPS) is 10.0. The van der Waals surface area contributed by atoms with Crippen LogP contribution in [0.15, 0.2) is 48.5 Å². The number of hydrogen-bond donors (Lipinski definition) is 3. The summed E-state index contributed by atoms with van der Waals surface area (Å²) < 4.78 is 0. The van der Waals surface area contributed by atoms with Gasteiger partial charge in [0.15, 0.2) is 0 Å². The summed E-state index contributed by atoms with van der Waals surface area (Å²) >= 11 is 0. The maximum atomic E-state index is 12.0. The molecule has 0 saturated heterocycles. The summed E-state index contributed by atoms with van der Waals surface area (Å²) in [5.74, 6) is -0.547. The van der Waals surface area contributed by atoms with E-state index in [1.807, 2.05) is 19.1 Å². The Labute approximate surface area is 146 Å². The summed E-state index contributed by atoms with van der Waals surface area (Å²) in [6.45, 7) is 3.60. The van der Waals surface area contributed by atoms with E-state index < -0.39 is 0 Å². The molecule has 0 spiro atoms. The van der Waals surface area contributed by atoms with Crippen LogP contribution >= 0.6 is 0 Å². The zero-order valence-electron chi connectivity index (χ0n) is 14.3. The molecule has 130 valence electrons. The Hall–Kier alpha value is -3.15. The van der Waals surface area contributed by atoms with Crippen molar-refractivity contribution in [2.24, 2.45) is 0 Å².